The normalized spacial score (nSPS) is 23.0. The number of piperidine rings is 1. The summed E-state index contributed by atoms with van der Waals surface area (Å²) in [5.41, 5.74) is -0.480. The second-order valence-electron chi connectivity index (χ2n) is 3.69. The van der Waals surface area contributed by atoms with Gasteiger partial charge in [0, 0.05) is 20.2 Å². The molecule has 76 valence electrons. The molecule has 3 nitrogen and oxygen atoms in total. The molecule has 13 heavy (non-hydrogen) atoms. The first-order chi connectivity index (χ1) is 6.14. The molecule has 0 aromatic rings. The van der Waals surface area contributed by atoms with Crippen LogP contribution in [-0.2, 0) is 9.53 Å². The Morgan fingerprint density at radius 3 is 2.31 bits per heavy atom. The summed E-state index contributed by atoms with van der Waals surface area (Å²) in [5.74, 6) is 0.172. The molecule has 0 N–H and O–H groups in total. The number of Topliss-reactive ketones (excluding diaryl/α,β-unsaturated/α-hetero) is 1. The first-order valence-corrected chi connectivity index (χ1v) is 4.93. The van der Waals surface area contributed by atoms with E-state index in [1.165, 1.54) is 0 Å². The molecule has 0 spiro atoms. The Morgan fingerprint density at radius 1 is 1.46 bits per heavy atom. The highest BCUT2D eigenvalue weighted by Gasteiger charge is 2.38. The van der Waals surface area contributed by atoms with Crippen molar-refractivity contribution in [3.05, 3.63) is 0 Å². The molecule has 1 saturated heterocycles. The third-order valence-corrected chi connectivity index (χ3v) is 3.14. The van der Waals surface area contributed by atoms with Crippen molar-refractivity contribution in [3.63, 3.8) is 0 Å². The smallest absolute Gasteiger partial charge is 0.161 e. The summed E-state index contributed by atoms with van der Waals surface area (Å²) in [4.78, 5) is 13.8. The van der Waals surface area contributed by atoms with E-state index >= 15 is 0 Å². The third kappa shape index (κ3) is 2.09. The first kappa shape index (κ1) is 10.7. The van der Waals surface area contributed by atoms with Gasteiger partial charge in [0.2, 0.25) is 0 Å². The van der Waals surface area contributed by atoms with Crippen LogP contribution in [0, 0.1) is 0 Å². The molecular weight excluding hydrogens is 166 g/mol. The molecule has 0 aromatic heterocycles. The Morgan fingerprint density at radius 2 is 2.00 bits per heavy atom. The molecule has 1 aliphatic heterocycles. The molecule has 1 fully saturated rings. The Labute approximate surface area is 80.1 Å². The van der Waals surface area contributed by atoms with Crippen LogP contribution in [0.5, 0.6) is 0 Å². The summed E-state index contributed by atoms with van der Waals surface area (Å²) < 4.78 is 5.36. The van der Waals surface area contributed by atoms with E-state index in [9.17, 15) is 4.79 Å². The SMILES string of the molecule is CCN1CCC(OC)(C(C)=O)CC1. The third-order valence-electron chi connectivity index (χ3n) is 3.14. The number of rotatable bonds is 3. The maximum Gasteiger partial charge on any atom is 0.161 e. The van der Waals surface area contributed by atoms with Gasteiger partial charge in [0.05, 0.1) is 0 Å². The Hall–Kier alpha value is -0.410. The van der Waals surface area contributed by atoms with Crippen LogP contribution < -0.4 is 0 Å². The van der Waals surface area contributed by atoms with Crippen molar-refractivity contribution in [1.29, 1.82) is 0 Å². The number of likely N-dealkylation sites (tertiary alicyclic amines) is 1. The Balaban J connectivity index is 2.58. The van der Waals surface area contributed by atoms with Gasteiger partial charge in [-0.3, -0.25) is 4.79 Å². The van der Waals surface area contributed by atoms with E-state index in [4.69, 9.17) is 4.74 Å². The van der Waals surface area contributed by atoms with Crippen molar-refractivity contribution >= 4 is 5.78 Å². The predicted octanol–water partition coefficient (Wildman–Crippen LogP) is 1.08. The van der Waals surface area contributed by atoms with Crippen LogP contribution in [0.2, 0.25) is 0 Å². The van der Waals surface area contributed by atoms with Crippen LogP contribution in [0.1, 0.15) is 26.7 Å². The fourth-order valence-electron chi connectivity index (χ4n) is 1.93. The number of ketones is 1. The van der Waals surface area contributed by atoms with E-state index in [0.29, 0.717) is 0 Å². The minimum Gasteiger partial charge on any atom is -0.370 e. The van der Waals surface area contributed by atoms with Crippen molar-refractivity contribution in [2.75, 3.05) is 26.7 Å². The second-order valence-corrected chi connectivity index (χ2v) is 3.69. The van der Waals surface area contributed by atoms with E-state index < -0.39 is 5.60 Å². The van der Waals surface area contributed by atoms with Gasteiger partial charge in [-0.25, -0.2) is 0 Å². The summed E-state index contributed by atoms with van der Waals surface area (Å²) in [7, 11) is 1.64. The number of ether oxygens (including phenoxy) is 1. The maximum absolute atomic E-state index is 11.4. The first-order valence-electron chi connectivity index (χ1n) is 4.93. The van der Waals surface area contributed by atoms with Crippen LogP contribution in [0.25, 0.3) is 0 Å². The zero-order valence-electron chi connectivity index (χ0n) is 8.80. The molecule has 0 aliphatic carbocycles. The van der Waals surface area contributed by atoms with Crippen LogP contribution in [0.3, 0.4) is 0 Å². The quantitative estimate of drug-likeness (QED) is 0.659. The van der Waals surface area contributed by atoms with Gasteiger partial charge < -0.3 is 9.64 Å². The fourth-order valence-corrected chi connectivity index (χ4v) is 1.93. The molecule has 1 aliphatic rings. The Bertz CT molecular complexity index is 183. The summed E-state index contributed by atoms with van der Waals surface area (Å²) in [5, 5.41) is 0. The van der Waals surface area contributed by atoms with Gasteiger partial charge in [0.1, 0.15) is 5.60 Å². The maximum atomic E-state index is 11.4. The molecule has 0 aromatic carbocycles. The lowest BCUT2D eigenvalue weighted by atomic mass is 9.87. The van der Waals surface area contributed by atoms with E-state index in [1.807, 2.05) is 0 Å². The molecule has 0 atom stereocenters. The summed E-state index contributed by atoms with van der Waals surface area (Å²) in [6, 6.07) is 0. The number of carbonyl (C=O) groups is 1. The largest absolute Gasteiger partial charge is 0.370 e. The second kappa shape index (κ2) is 4.20. The molecule has 0 bridgehead atoms. The van der Waals surface area contributed by atoms with Crippen LogP contribution in [-0.4, -0.2) is 43.0 Å². The zero-order chi connectivity index (χ0) is 9.90. The van der Waals surface area contributed by atoms with Gasteiger partial charge >= 0.3 is 0 Å². The fraction of sp³-hybridized carbons (Fsp3) is 0.900. The van der Waals surface area contributed by atoms with E-state index in [0.717, 1.165) is 32.5 Å². The summed E-state index contributed by atoms with van der Waals surface area (Å²) in [6.45, 7) is 6.80. The minimum atomic E-state index is -0.480. The number of carbonyl (C=O) groups excluding carboxylic acids is 1. The lowest BCUT2D eigenvalue weighted by Crippen LogP contribution is -2.49. The van der Waals surface area contributed by atoms with Crippen molar-refractivity contribution in [3.8, 4) is 0 Å². The predicted molar refractivity (Wildman–Crippen MR) is 51.8 cm³/mol. The highest BCUT2D eigenvalue weighted by Crippen LogP contribution is 2.26. The molecule has 0 amide bonds. The van der Waals surface area contributed by atoms with Crippen LogP contribution in [0.15, 0.2) is 0 Å². The molecule has 1 heterocycles. The number of hydrogen-bond acceptors (Lipinski definition) is 3. The monoisotopic (exact) mass is 185 g/mol. The lowest BCUT2D eigenvalue weighted by molar-refractivity contribution is -0.144. The van der Waals surface area contributed by atoms with Crippen molar-refractivity contribution in [2.24, 2.45) is 0 Å². The minimum absolute atomic E-state index is 0.172. The standard InChI is InChI=1S/C10H19NO2/c1-4-11-7-5-10(13-3,6-8-11)9(2)12/h4-8H2,1-3H3. The van der Waals surface area contributed by atoms with Crippen molar-refractivity contribution in [2.45, 2.75) is 32.3 Å². The molecule has 0 saturated carbocycles. The molecular formula is C10H19NO2. The molecule has 3 heteroatoms. The van der Waals surface area contributed by atoms with E-state index in [-0.39, 0.29) is 5.78 Å². The average molecular weight is 185 g/mol. The van der Waals surface area contributed by atoms with Gasteiger partial charge in [-0.2, -0.15) is 0 Å². The number of methoxy groups -OCH3 is 1. The Kier molecular flexibility index (Phi) is 3.45. The van der Waals surface area contributed by atoms with Crippen LogP contribution >= 0.6 is 0 Å². The lowest BCUT2D eigenvalue weighted by Gasteiger charge is -2.38. The molecule has 1 rings (SSSR count). The average Bonchev–Trinajstić information content (AvgIpc) is 2.17. The summed E-state index contributed by atoms with van der Waals surface area (Å²) >= 11 is 0. The van der Waals surface area contributed by atoms with Gasteiger partial charge in [-0.1, -0.05) is 6.92 Å². The number of hydrogen-bond donors (Lipinski definition) is 0. The van der Waals surface area contributed by atoms with Gasteiger partial charge in [0.25, 0.3) is 0 Å². The van der Waals surface area contributed by atoms with E-state index in [1.54, 1.807) is 14.0 Å². The van der Waals surface area contributed by atoms with Crippen molar-refractivity contribution in [1.82, 2.24) is 4.90 Å². The zero-order valence-corrected chi connectivity index (χ0v) is 8.80. The highest BCUT2D eigenvalue weighted by molar-refractivity contribution is 5.85. The van der Waals surface area contributed by atoms with Crippen molar-refractivity contribution < 1.29 is 9.53 Å². The van der Waals surface area contributed by atoms with Gasteiger partial charge in [-0.05, 0) is 26.3 Å². The topological polar surface area (TPSA) is 29.5 Å². The van der Waals surface area contributed by atoms with Gasteiger partial charge in [0.15, 0.2) is 5.78 Å². The van der Waals surface area contributed by atoms with E-state index in [2.05, 4.69) is 11.8 Å². The molecule has 0 unspecified atom stereocenters. The number of nitrogens with zero attached hydrogens (tertiary/aromatic N) is 1. The molecule has 0 radical (unpaired) electrons. The van der Waals surface area contributed by atoms with Gasteiger partial charge in [-0.15, -0.1) is 0 Å². The van der Waals surface area contributed by atoms with Crippen LogP contribution in [0.4, 0.5) is 0 Å². The summed E-state index contributed by atoms with van der Waals surface area (Å²) in [6.07, 6.45) is 1.68. The highest BCUT2D eigenvalue weighted by atomic mass is 16.5.